The normalized spacial score (nSPS) is 12.7. The van der Waals surface area contributed by atoms with E-state index in [0.29, 0.717) is 6.42 Å². The molecule has 0 saturated heterocycles. The van der Waals surface area contributed by atoms with Crippen LogP contribution in [0.25, 0.3) is 0 Å². The van der Waals surface area contributed by atoms with Crippen LogP contribution in [0.1, 0.15) is 28.7 Å². The number of hydrogen-bond acceptors (Lipinski definition) is 5. The van der Waals surface area contributed by atoms with Crippen molar-refractivity contribution < 1.29 is 0 Å². The van der Waals surface area contributed by atoms with Crippen LogP contribution in [0, 0.1) is 13.8 Å². The summed E-state index contributed by atoms with van der Waals surface area (Å²) >= 11 is 0. The van der Waals surface area contributed by atoms with Crippen LogP contribution < -0.4 is 5.32 Å². The van der Waals surface area contributed by atoms with Gasteiger partial charge >= 0.3 is 0 Å². The van der Waals surface area contributed by atoms with E-state index in [0.717, 1.165) is 11.5 Å². The van der Waals surface area contributed by atoms with Crippen molar-refractivity contribution in [2.75, 3.05) is 7.05 Å². The van der Waals surface area contributed by atoms with E-state index < -0.39 is 0 Å². The van der Waals surface area contributed by atoms with E-state index in [1.807, 2.05) is 20.2 Å². The Bertz CT molecular complexity index is 533. The number of hydrogen-bond donors (Lipinski definition) is 1. The van der Waals surface area contributed by atoms with Crippen LogP contribution in [0.4, 0.5) is 0 Å². The third-order valence-electron chi connectivity index (χ3n) is 2.87. The van der Waals surface area contributed by atoms with Gasteiger partial charge in [-0.05, 0) is 37.2 Å². The molecule has 1 N–H and O–H groups in total. The van der Waals surface area contributed by atoms with Crippen LogP contribution in [0.5, 0.6) is 0 Å². The summed E-state index contributed by atoms with van der Waals surface area (Å²) in [5.74, 6) is 0.721. The van der Waals surface area contributed by atoms with Crippen molar-refractivity contribution in [2.45, 2.75) is 26.3 Å². The maximum atomic E-state index is 4.51. The molecule has 2 rings (SSSR count). The number of aryl methyl sites for hydroxylation is 3. The third-order valence-corrected chi connectivity index (χ3v) is 2.87. The molecule has 0 bridgehead atoms. The highest BCUT2D eigenvalue weighted by Gasteiger charge is 2.16. The summed E-state index contributed by atoms with van der Waals surface area (Å²) in [7, 11) is 3.68. The minimum atomic E-state index is 0.106. The van der Waals surface area contributed by atoms with Gasteiger partial charge in [-0.2, -0.15) is 4.80 Å². The summed E-state index contributed by atoms with van der Waals surface area (Å²) in [4.78, 5) is 5.98. The van der Waals surface area contributed by atoms with E-state index >= 15 is 0 Å². The minimum absolute atomic E-state index is 0.106. The Balaban J connectivity index is 2.22. The van der Waals surface area contributed by atoms with Crippen LogP contribution in [-0.4, -0.2) is 32.2 Å². The Morgan fingerprint density at radius 3 is 2.72 bits per heavy atom. The van der Waals surface area contributed by atoms with Gasteiger partial charge in [-0.15, -0.1) is 10.2 Å². The van der Waals surface area contributed by atoms with Gasteiger partial charge in [0.25, 0.3) is 0 Å². The molecule has 0 radical (unpaired) electrons. The first-order valence-electron chi connectivity index (χ1n) is 5.93. The van der Waals surface area contributed by atoms with Gasteiger partial charge < -0.3 is 5.32 Å². The Kier molecular flexibility index (Phi) is 3.66. The summed E-state index contributed by atoms with van der Waals surface area (Å²) in [5, 5.41) is 15.3. The summed E-state index contributed by atoms with van der Waals surface area (Å²) < 4.78 is 0. The van der Waals surface area contributed by atoms with Gasteiger partial charge in [0.1, 0.15) is 0 Å². The topological polar surface area (TPSA) is 68.5 Å². The molecule has 6 heteroatoms. The highest BCUT2D eigenvalue weighted by molar-refractivity contribution is 5.26. The van der Waals surface area contributed by atoms with Gasteiger partial charge in [0.15, 0.2) is 5.82 Å². The second-order valence-corrected chi connectivity index (χ2v) is 4.46. The van der Waals surface area contributed by atoms with Crippen LogP contribution in [0.2, 0.25) is 0 Å². The maximum Gasteiger partial charge on any atom is 0.176 e. The van der Waals surface area contributed by atoms with Crippen molar-refractivity contribution >= 4 is 0 Å². The number of likely N-dealkylation sites (N-methyl/N-ethyl adjacent to an activating group) is 1. The molecule has 18 heavy (non-hydrogen) atoms. The maximum absolute atomic E-state index is 4.51. The van der Waals surface area contributed by atoms with E-state index in [9.17, 15) is 0 Å². The van der Waals surface area contributed by atoms with Gasteiger partial charge in [0.05, 0.1) is 18.8 Å². The zero-order valence-electron chi connectivity index (χ0n) is 11.2. The number of nitrogens with one attached hydrogen (secondary N) is 1. The zero-order chi connectivity index (χ0) is 13.1. The lowest BCUT2D eigenvalue weighted by Crippen LogP contribution is -2.21. The largest absolute Gasteiger partial charge is 0.311 e. The van der Waals surface area contributed by atoms with E-state index in [1.165, 1.54) is 15.9 Å². The Morgan fingerprint density at radius 2 is 2.17 bits per heavy atom. The number of rotatable bonds is 4. The van der Waals surface area contributed by atoms with Gasteiger partial charge in [-0.1, -0.05) is 6.07 Å². The number of nitrogens with zero attached hydrogens (tertiary/aromatic N) is 5. The molecule has 1 unspecified atom stereocenters. The van der Waals surface area contributed by atoms with Crippen LogP contribution in [-0.2, 0) is 13.5 Å². The predicted octanol–water partition coefficient (Wildman–Crippen LogP) is 0.725. The van der Waals surface area contributed by atoms with Crippen molar-refractivity contribution in [1.29, 1.82) is 0 Å². The fraction of sp³-hybridized carbons (Fsp3) is 0.500. The van der Waals surface area contributed by atoms with Crippen molar-refractivity contribution in [3.63, 3.8) is 0 Å². The fourth-order valence-corrected chi connectivity index (χ4v) is 2.01. The number of aromatic nitrogens is 5. The number of pyridine rings is 1. The van der Waals surface area contributed by atoms with Crippen molar-refractivity contribution in [3.8, 4) is 0 Å². The predicted molar refractivity (Wildman–Crippen MR) is 68.0 cm³/mol. The molecule has 2 aromatic heterocycles. The smallest absolute Gasteiger partial charge is 0.176 e. The minimum Gasteiger partial charge on any atom is -0.311 e. The molecule has 0 aromatic carbocycles. The zero-order valence-corrected chi connectivity index (χ0v) is 11.2. The molecule has 2 aromatic rings. The standard InChI is InChI=1S/C12H18N6/c1-8-5-9(2)12(14-7-8)10(13-3)6-11-15-17-18(4)16-11/h5,7,10,13H,6H2,1-4H3. The first kappa shape index (κ1) is 12.6. The van der Waals surface area contributed by atoms with E-state index in [-0.39, 0.29) is 6.04 Å². The molecular formula is C12H18N6. The van der Waals surface area contributed by atoms with E-state index in [1.54, 1.807) is 7.05 Å². The van der Waals surface area contributed by atoms with Crippen molar-refractivity contribution in [2.24, 2.45) is 7.05 Å². The average Bonchev–Trinajstić information content (AvgIpc) is 2.72. The lowest BCUT2D eigenvalue weighted by Gasteiger charge is -2.16. The van der Waals surface area contributed by atoms with E-state index in [4.69, 9.17) is 0 Å². The molecular weight excluding hydrogens is 228 g/mol. The van der Waals surface area contributed by atoms with Gasteiger partial charge in [0, 0.05) is 12.6 Å². The van der Waals surface area contributed by atoms with Crippen molar-refractivity contribution in [3.05, 3.63) is 34.9 Å². The molecule has 0 aliphatic heterocycles. The Hall–Kier alpha value is -1.82. The molecule has 0 aliphatic rings. The lowest BCUT2D eigenvalue weighted by atomic mass is 10.0. The van der Waals surface area contributed by atoms with Crippen LogP contribution >= 0.6 is 0 Å². The first-order valence-corrected chi connectivity index (χ1v) is 5.93. The van der Waals surface area contributed by atoms with Crippen LogP contribution in [0.3, 0.4) is 0 Å². The molecule has 0 aliphatic carbocycles. The highest BCUT2D eigenvalue weighted by Crippen LogP contribution is 2.18. The monoisotopic (exact) mass is 246 g/mol. The molecule has 0 spiro atoms. The highest BCUT2D eigenvalue weighted by atomic mass is 15.6. The van der Waals surface area contributed by atoms with E-state index in [2.05, 4.69) is 38.7 Å². The molecule has 0 saturated carbocycles. The summed E-state index contributed by atoms with van der Waals surface area (Å²) in [6, 6.07) is 2.24. The average molecular weight is 246 g/mol. The van der Waals surface area contributed by atoms with Gasteiger partial charge in [-0.25, -0.2) is 0 Å². The second kappa shape index (κ2) is 5.22. The second-order valence-electron chi connectivity index (χ2n) is 4.46. The summed E-state index contributed by atoms with van der Waals surface area (Å²) in [6.45, 7) is 4.12. The summed E-state index contributed by atoms with van der Waals surface area (Å²) in [5.41, 5.74) is 3.39. The summed E-state index contributed by atoms with van der Waals surface area (Å²) in [6.07, 6.45) is 2.57. The molecule has 2 heterocycles. The van der Waals surface area contributed by atoms with Crippen molar-refractivity contribution in [1.82, 2.24) is 30.5 Å². The lowest BCUT2D eigenvalue weighted by molar-refractivity contribution is 0.553. The molecule has 0 amide bonds. The first-order chi connectivity index (χ1) is 8.60. The SMILES string of the molecule is CNC(Cc1nnn(C)n1)c1ncc(C)cc1C. The molecule has 96 valence electrons. The van der Waals surface area contributed by atoms with Gasteiger partial charge in [-0.3, -0.25) is 4.98 Å². The fourth-order valence-electron chi connectivity index (χ4n) is 2.01. The molecule has 1 atom stereocenters. The number of tetrazole rings is 1. The van der Waals surface area contributed by atoms with Crippen LogP contribution in [0.15, 0.2) is 12.3 Å². The molecule has 0 fully saturated rings. The van der Waals surface area contributed by atoms with Gasteiger partial charge in [0.2, 0.25) is 0 Å². The third kappa shape index (κ3) is 2.70. The quantitative estimate of drug-likeness (QED) is 0.861. The Labute approximate surface area is 106 Å². The molecule has 6 nitrogen and oxygen atoms in total. The Morgan fingerprint density at radius 1 is 1.39 bits per heavy atom.